The van der Waals surface area contributed by atoms with Gasteiger partial charge in [-0.1, -0.05) is 46.1 Å². The maximum Gasteiger partial charge on any atom is 0.205 e. The summed E-state index contributed by atoms with van der Waals surface area (Å²) < 4.78 is 5.52. The third-order valence-electron chi connectivity index (χ3n) is 2.01. The number of rotatable bonds is 4. The van der Waals surface area contributed by atoms with E-state index in [9.17, 15) is 0 Å². The fourth-order valence-electron chi connectivity index (χ4n) is 1.17. The third kappa shape index (κ3) is 3.17. The average molecular weight is 325 g/mol. The molecule has 2 aromatic rings. The Morgan fingerprint density at radius 2 is 1.89 bits per heavy atom. The summed E-state index contributed by atoms with van der Waals surface area (Å²) in [5.74, 6) is 0.465. The summed E-state index contributed by atoms with van der Waals surface area (Å²) in [5.41, 5.74) is 0. The third-order valence-corrected chi connectivity index (χ3v) is 3.94. The largest absolute Gasteiger partial charge is 0.485 e. The molecule has 0 amide bonds. The summed E-state index contributed by atoms with van der Waals surface area (Å²) in [6, 6.07) is 3.12. The summed E-state index contributed by atoms with van der Waals surface area (Å²) in [6.45, 7) is 0.275. The van der Waals surface area contributed by atoms with Crippen LogP contribution in [0.2, 0.25) is 15.1 Å². The van der Waals surface area contributed by atoms with Gasteiger partial charge < -0.3 is 10.1 Å². The van der Waals surface area contributed by atoms with Crippen LogP contribution in [0.3, 0.4) is 0 Å². The number of hydrogen-bond donors (Lipinski definition) is 1. The molecule has 0 bridgehead atoms. The van der Waals surface area contributed by atoms with Crippen LogP contribution in [0.4, 0.5) is 5.13 Å². The van der Waals surface area contributed by atoms with E-state index in [0.717, 1.165) is 10.1 Å². The molecule has 0 saturated carbocycles. The fraction of sp³-hybridized carbons (Fsp3) is 0.200. The lowest BCUT2D eigenvalue weighted by Crippen LogP contribution is -1.95. The Balaban J connectivity index is 2.08. The zero-order valence-corrected chi connectivity index (χ0v) is 12.3. The first-order valence-electron chi connectivity index (χ1n) is 4.87. The van der Waals surface area contributed by atoms with Crippen molar-refractivity contribution in [1.29, 1.82) is 0 Å². The van der Waals surface area contributed by atoms with E-state index < -0.39 is 0 Å². The van der Waals surface area contributed by atoms with E-state index in [4.69, 9.17) is 39.5 Å². The van der Waals surface area contributed by atoms with Gasteiger partial charge in [0.1, 0.15) is 12.4 Å². The monoisotopic (exact) mass is 323 g/mol. The van der Waals surface area contributed by atoms with Gasteiger partial charge in [0.25, 0.3) is 0 Å². The Morgan fingerprint density at radius 3 is 2.56 bits per heavy atom. The Kier molecular flexibility index (Phi) is 4.50. The topological polar surface area (TPSA) is 47.0 Å². The number of hydrogen-bond acceptors (Lipinski definition) is 5. The van der Waals surface area contributed by atoms with Gasteiger partial charge in [0.15, 0.2) is 5.01 Å². The van der Waals surface area contributed by atoms with Gasteiger partial charge in [-0.3, -0.25) is 0 Å². The zero-order chi connectivity index (χ0) is 13.1. The summed E-state index contributed by atoms with van der Waals surface area (Å²) in [5, 5.41) is 13.4. The van der Waals surface area contributed by atoms with Crippen molar-refractivity contribution in [3.8, 4) is 5.75 Å². The maximum atomic E-state index is 5.99. The molecule has 0 radical (unpaired) electrons. The van der Waals surface area contributed by atoms with Crippen molar-refractivity contribution in [2.45, 2.75) is 6.61 Å². The fourth-order valence-corrected chi connectivity index (χ4v) is 2.37. The Morgan fingerprint density at radius 1 is 1.17 bits per heavy atom. The highest BCUT2D eigenvalue weighted by Gasteiger charge is 2.09. The molecule has 8 heteroatoms. The predicted octanol–water partition coefficient (Wildman–Crippen LogP) is 4.12. The normalized spacial score (nSPS) is 10.4. The molecule has 0 atom stereocenters. The quantitative estimate of drug-likeness (QED) is 0.859. The van der Waals surface area contributed by atoms with Crippen molar-refractivity contribution in [1.82, 2.24) is 10.2 Å². The van der Waals surface area contributed by atoms with Crippen LogP contribution >= 0.6 is 46.1 Å². The second-order valence-electron chi connectivity index (χ2n) is 3.24. The molecule has 4 nitrogen and oxygen atoms in total. The SMILES string of the molecule is CNc1nnc(COc2cc(Cl)c(Cl)cc2Cl)s1. The number of anilines is 1. The van der Waals surface area contributed by atoms with Crippen molar-refractivity contribution < 1.29 is 4.74 Å². The van der Waals surface area contributed by atoms with Crippen LogP contribution in [0.5, 0.6) is 5.75 Å². The van der Waals surface area contributed by atoms with Crippen LogP contribution in [0.1, 0.15) is 5.01 Å². The van der Waals surface area contributed by atoms with Crippen LogP contribution in [0.15, 0.2) is 12.1 Å². The number of ether oxygens (including phenoxy) is 1. The van der Waals surface area contributed by atoms with Crippen molar-refractivity contribution in [3.63, 3.8) is 0 Å². The van der Waals surface area contributed by atoms with Gasteiger partial charge in [0, 0.05) is 13.1 Å². The van der Waals surface area contributed by atoms with Crippen molar-refractivity contribution in [2.24, 2.45) is 0 Å². The van der Waals surface area contributed by atoms with Gasteiger partial charge in [0.05, 0.1) is 15.1 Å². The van der Waals surface area contributed by atoms with Crippen molar-refractivity contribution in [2.75, 3.05) is 12.4 Å². The lowest BCUT2D eigenvalue weighted by molar-refractivity contribution is 0.305. The van der Waals surface area contributed by atoms with Crippen molar-refractivity contribution in [3.05, 3.63) is 32.2 Å². The van der Waals surface area contributed by atoms with Gasteiger partial charge in [-0.25, -0.2) is 0 Å². The molecular weight excluding hydrogens is 317 g/mol. The standard InChI is InChI=1S/C10H8Cl3N3OS/c1-14-10-16-15-9(18-10)4-17-8-3-6(12)5(11)2-7(8)13/h2-3H,4H2,1H3,(H,14,16). The molecule has 0 spiro atoms. The maximum absolute atomic E-state index is 5.99. The summed E-state index contributed by atoms with van der Waals surface area (Å²) in [6.07, 6.45) is 0. The molecule has 1 aromatic heterocycles. The van der Waals surface area contributed by atoms with E-state index >= 15 is 0 Å². The van der Waals surface area contributed by atoms with E-state index in [0.29, 0.717) is 20.8 Å². The van der Waals surface area contributed by atoms with Crippen LogP contribution in [0.25, 0.3) is 0 Å². The molecule has 0 aliphatic heterocycles. The van der Waals surface area contributed by atoms with Gasteiger partial charge in [0.2, 0.25) is 5.13 Å². The minimum Gasteiger partial charge on any atom is -0.485 e. The Hall–Kier alpha value is -0.750. The molecule has 0 unspecified atom stereocenters. The molecule has 0 fully saturated rings. The number of aromatic nitrogens is 2. The smallest absolute Gasteiger partial charge is 0.205 e. The van der Waals surface area contributed by atoms with E-state index in [1.165, 1.54) is 11.3 Å². The molecule has 18 heavy (non-hydrogen) atoms. The lowest BCUT2D eigenvalue weighted by atomic mass is 10.3. The first-order valence-corrected chi connectivity index (χ1v) is 6.82. The average Bonchev–Trinajstić information content (AvgIpc) is 2.80. The van der Waals surface area contributed by atoms with E-state index in [-0.39, 0.29) is 6.61 Å². The summed E-state index contributed by atoms with van der Waals surface area (Å²) >= 11 is 19.1. The van der Waals surface area contributed by atoms with Gasteiger partial charge in [-0.15, -0.1) is 10.2 Å². The van der Waals surface area contributed by atoms with E-state index in [2.05, 4.69) is 15.5 Å². The van der Waals surface area contributed by atoms with Crippen LogP contribution in [-0.4, -0.2) is 17.2 Å². The molecule has 0 aliphatic rings. The number of nitrogens with one attached hydrogen (secondary N) is 1. The minimum absolute atomic E-state index is 0.275. The predicted molar refractivity (Wildman–Crippen MR) is 75.3 cm³/mol. The highest BCUT2D eigenvalue weighted by molar-refractivity contribution is 7.15. The number of nitrogens with zero attached hydrogens (tertiary/aromatic N) is 2. The molecule has 0 saturated heterocycles. The van der Waals surface area contributed by atoms with Gasteiger partial charge >= 0.3 is 0 Å². The first-order chi connectivity index (χ1) is 8.60. The van der Waals surface area contributed by atoms with Crippen LogP contribution < -0.4 is 10.1 Å². The van der Waals surface area contributed by atoms with Gasteiger partial charge in [-0.05, 0) is 6.07 Å². The lowest BCUT2D eigenvalue weighted by Gasteiger charge is -2.07. The Labute approximate surface area is 123 Å². The summed E-state index contributed by atoms with van der Waals surface area (Å²) in [4.78, 5) is 0. The second kappa shape index (κ2) is 5.93. The zero-order valence-electron chi connectivity index (χ0n) is 9.21. The second-order valence-corrected chi connectivity index (χ2v) is 5.52. The number of benzene rings is 1. The minimum atomic E-state index is 0.275. The van der Waals surface area contributed by atoms with Crippen LogP contribution in [-0.2, 0) is 6.61 Å². The molecule has 2 rings (SSSR count). The van der Waals surface area contributed by atoms with E-state index in [1.54, 1.807) is 19.2 Å². The highest BCUT2D eigenvalue weighted by atomic mass is 35.5. The molecule has 96 valence electrons. The molecule has 0 aliphatic carbocycles. The van der Waals surface area contributed by atoms with Crippen LogP contribution in [0, 0.1) is 0 Å². The Bertz CT molecular complexity index is 561. The molecule has 1 heterocycles. The number of halogens is 3. The van der Waals surface area contributed by atoms with Gasteiger partial charge in [-0.2, -0.15) is 0 Å². The first kappa shape index (κ1) is 13.7. The molecule has 1 aromatic carbocycles. The summed E-state index contributed by atoms with van der Waals surface area (Å²) in [7, 11) is 1.78. The van der Waals surface area contributed by atoms with E-state index in [1.807, 2.05) is 0 Å². The van der Waals surface area contributed by atoms with Crippen molar-refractivity contribution >= 4 is 51.3 Å². The molecular formula is C10H8Cl3N3OS. The molecule has 1 N–H and O–H groups in total. The highest BCUT2D eigenvalue weighted by Crippen LogP contribution is 2.34.